The van der Waals surface area contributed by atoms with Crippen LogP contribution in [-0.4, -0.2) is 65.9 Å². The Morgan fingerprint density at radius 2 is 1.61 bits per heavy atom. The summed E-state index contributed by atoms with van der Waals surface area (Å²) >= 11 is 1.72. The number of hydrogen-bond donors (Lipinski definition) is 1. The van der Waals surface area contributed by atoms with Gasteiger partial charge in [0.2, 0.25) is 0 Å². The Morgan fingerprint density at radius 1 is 0.893 bits per heavy atom. The van der Waals surface area contributed by atoms with Crippen molar-refractivity contribution in [3.8, 4) is 0 Å². The molecule has 2 saturated heterocycles. The van der Waals surface area contributed by atoms with Gasteiger partial charge in [0.1, 0.15) is 0 Å². The summed E-state index contributed by atoms with van der Waals surface area (Å²) in [5.41, 5.74) is 2.75. The maximum Gasteiger partial charge on any atom is 0.321 e. The molecule has 1 aromatic heterocycles. The van der Waals surface area contributed by atoms with Gasteiger partial charge in [0, 0.05) is 57.1 Å². The van der Waals surface area contributed by atoms with E-state index in [0.29, 0.717) is 5.56 Å². The number of benzene rings is 1. The molecule has 148 valence electrons. The summed E-state index contributed by atoms with van der Waals surface area (Å²) in [5, 5.41) is 7.23. The van der Waals surface area contributed by atoms with Crippen LogP contribution in [0.4, 0.5) is 10.5 Å². The zero-order chi connectivity index (χ0) is 19.3. The zero-order valence-electron chi connectivity index (χ0n) is 16.0. The van der Waals surface area contributed by atoms with Gasteiger partial charge >= 0.3 is 6.03 Å². The van der Waals surface area contributed by atoms with Crippen molar-refractivity contribution in [3.63, 3.8) is 0 Å². The molecule has 28 heavy (non-hydrogen) atoms. The predicted molar refractivity (Wildman–Crippen MR) is 112 cm³/mol. The van der Waals surface area contributed by atoms with E-state index in [9.17, 15) is 9.59 Å². The quantitative estimate of drug-likeness (QED) is 0.859. The average Bonchev–Trinajstić information content (AvgIpc) is 3.43. The lowest BCUT2D eigenvalue weighted by Gasteiger charge is -2.34. The summed E-state index contributed by atoms with van der Waals surface area (Å²) in [7, 11) is 0. The van der Waals surface area contributed by atoms with Crippen LogP contribution in [0.1, 0.15) is 28.8 Å². The first-order valence-electron chi connectivity index (χ1n) is 9.88. The van der Waals surface area contributed by atoms with Crippen LogP contribution in [0.5, 0.6) is 0 Å². The van der Waals surface area contributed by atoms with E-state index in [1.807, 2.05) is 21.9 Å². The third-order valence-corrected chi connectivity index (χ3v) is 6.15. The van der Waals surface area contributed by atoms with Crippen LogP contribution >= 0.6 is 11.3 Å². The van der Waals surface area contributed by atoms with Crippen molar-refractivity contribution in [2.24, 2.45) is 0 Å². The van der Waals surface area contributed by atoms with Crippen LogP contribution in [-0.2, 0) is 6.54 Å². The van der Waals surface area contributed by atoms with Crippen LogP contribution in [0.3, 0.4) is 0 Å². The van der Waals surface area contributed by atoms with Crippen molar-refractivity contribution in [2.45, 2.75) is 19.4 Å². The number of carbonyl (C=O) groups is 2. The third kappa shape index (κ3) is 4.54. The number of anilines is 1. The molecule has 1 N–H and O–H groups in total. The van der Waals surface area contributed by atoms with Gasteiger partial charge in [-0.3, -0.25) is 9.69 Å². The molecule has 0 unspecified atom stereocenters. The van der Waals surface area contributed by atoms with Crippen molar-refractivity contribution < 1.29 is 9.59 Å². The molecular weight excluding hydrogens is 372 g/mol. The van der Waals surface area contributed by atoms with E-state index in [0.717, 1.165) is 64.3 Å². The largest absolute Gasteiger partial charge is 0.339 e. The second kappa shape index (κ2) is 8.75. The minimum atomic E-state index is -0.0752. The minimum Gasteiger partial charge on any atom is -0.339 e. The van der Waals surface area contributed by atoms with Crippen molar-refractivity contribution in [2.75, 3.05) is 44.6 Å². The van der Waals surface area contributed by atoms with E-state index >= 15 is 0 Å². The Bertz CT molecular complexity index is 792. The number of rotatable bonds is 4. The number of carbonyl (C=O) groups excluding carboxylic acids is 2. The van der Waals surface area contributed by atoms with Crippen molar-refractivity contribution in [1.29, 1.82) is 0 Å². The first-order valence-corrected chi connectivity index (χ1v) is 10.8. The number of likely N-dealkylation sites (tertiary alicyclic amines) is 1. The standard InChI is InChI=1S/C21H26N4O2S/c26-20(24-8-1-2-9-24)18-3-5-19(6-4-18)22-21(27)25-12-10-23(11-13-25)15-17-7-14-28-16-17/h3-7,14,16H,1-2,8-13,15H2,(H,22,27). The summed E-state index contributed by atoms with van der Waals surface area (Å²) in [6.45, 7) is 5.85. The molecule has 0 spiro atoms. The Morgan fingerprint density at radius 3 is 2.25 bits per heavy atom. The average molecular weight is 399 g/mol. The van der Waals surface area contributed by atoms with E-state index in [4.69, 9.17) is 0 Å². The van der Waals surface area contributed by atoms with Crippen molar-refractivity contribution >= 4 is 29.0 Å². The summed E-state index contributed by atoms with van der Waals surface area (Å²) < 4.78 is 0. The topological polar surface area (TPSA) is 55.9 Å². The molecule has 0 aliphatic carbocycles. The van der Waals surface area contributed by atoms with E-state index < -0.39 is 0 Å². The molecule has 4 rings (SSSR count). The lowest BCUT2D eigenvalue weighted by atomic mass is 10.2. The third-order valence-electron chi connectivity index (χ3n) is 5.42. The highest BCUT2D eigenvalue weighted by Gasteiger charge is 2.22. The first kappa shape index (κ1) is 19.0. The summed E-state index contributed by atoms with van der Waals surface area (Å²) in [6.07, 6.45) is 2.17. The second-order valence-electron chi connectivity index (χ2n) is 7.40. The monoisotopic (exact) mass is 398 g/mol. The molecule has 2 aliphatic heterocycles. The Balaban J connectivity index is 1.26. The van der Waals surface area contributed by atoms with E-state index in [-0.39, 0.29) is 11.9 Å². The highest BCUT2D eigenvalue weighted by atomic mass is 32.1. The minimum absolute atomic E-state index is 0.0752. The number of hydrogen-bond acceptors (Lipinski definition) is 4. The highest BCUT2D eigenvalue weighted by molar-refractivity contribution is 7.07. The molecular formula is C21H26N4O2S. The Hall–Kier alpha value is -2.38. The molecule has 0 saturated carbocycles. The van der Waals surface area contributed by atoms with E-state index in [1.54, 1.807) is 23.5 Å². The fourth-order valence-corrected chi connectivity index (χ4v) is 4.41. The van der Waals surface area contributed by atoms with Crippen LogP contribution in [0, 0.1) is 0 Å². The summed E-state index contributed by atoms with van der Waals surface area (Å²) in [6, 6.07) is 9.31. The van der Waals surface area contributed by atoms with E-state index in [1.165, 1.54) is 5.56 Å². The van der Waals surface area contributed by atoms with Gasteiger partial charge in [0.05, 0.1) is 0 Å². The lowest BCUT2D eigenvalue weighted by molar-refractivity contribution is 0.0793. The molecule has 3 heterocycles. The molecule has 2 aromatic rings. The van der Waals surface area contributed by atoms with Gasteiger partial charge in [-0.1, -0.05) is 0 Å². The Labute approximate surface area is 169 Å². The fourth-order valence-electron chi connectivity index (χ4n) is 3.75. The highest BCUT2D eigenvalue weighted by Crippen LogP contribution is 2.17. The summed E-state index contributed by atoms with van der Waals surface area (Å²) in [4.78, 5) is 31.1. The van der Waals surface area contributed by atoms with Crippen LogP contribution < -0.4 is 5.32 Å². The van der Waals surface area contributed by atoms with Gasteiger partial charge in [0.25, 0.3) is 5.91 Å². The van der Waals surface area contributed by atoms with Crippen molar-refractivity contribution in [3.05, 3.63) is 52.2 Å². The molecule has 0 atom stereocenters. The number of nitrogens with zero attached hydrogens (tertiary/aromatic N) is 3. The lowest BCUT2D eigenvalue weighted by Crippen LogP contribution is -2.49. The van der Waals surface area contributed by atoms with Gasteiger partial charge in [-0.05, 0) is 59.5 Å². The molecule has 3 amide bonds. The molecule has 0 radical (unpaired) electrons. The molecule has 6 nitrogen and oxygen atoms in total. The smallest absolute Gasteiger partial charge is 0.321 e. The van der Waals surface area contributed by atoms with Gasteiger partial charge in [-0.2, -0.15) is 11.3 Å². The molecule has 7 heteroatoms. The van der Waals surface area contributed by atoms with Crippen LogP contribution in [0.15, 0.2) is 41.1 Å². The number of thiophene rings is 1. The van der Waals surface area contributed by atoms with Gasteiger partial charge in [-0.15, -0.1) is 0 Å². The van der Waals surface area contributed by atoms with Gasteiger partial charge < -0.3 is 15.1 Å². The SMILES string of the molecule is O=C(Nc1ccc(C(=O)N2CCCC2)cc1)N1CCN(Cc2ccsc2)CC1. The van der Waals surface area contributed by atoms with Crippen molar-refractivity contribution in [1.82, 2.24) is 14.7 Å². The fraction of sp³-hybridized carbons (Fsp3) is 0.429. The molecule has 2 fully saturated rings. The number of urea groups is 1. The second-order valence-corrected chi connectivity index (χ2v) is 8.18. The zero-order valence-corrected chi connectivity index (χ0v) is 16.8. The maximum atomic E-state index is 12.5. The molecule has 1 aromatic carbocycles. The maximum absolute atomic E-state index is 12.5. The number of nitrogens with one attached hydrogen (secondary N) is 1. The van der Waals surface area contributed by atoms with E-state index in [2.05, 4.69) is 27.0 Å². The van der Waals surface area contributed by atoms with Crippen LogP contribution in [0.2, 0.25) is 0 Å². The number of piperazine rings is 1. The number of amides is 3. The van der Waals surface area contributed by atoms with Gasteiger partial charge in [0.15, 0.2) is 0 Å². The Kier molecular flexibility index (Phi) is 5.92. The first-order chi connectivity index (χ1) is 13.7. The van der Waals surface area contributed by atoms with Crippen LogP contribution in [0.25, 0.3) is 0 Å². The molecule has 0 bridgehead atoms. The van der Waals surface area contributed by atoms with Gasteiger partial charge in [-0.25, -0.2) is 4.79 Å². The normalized spacial score (nSPS) is 17.7. The summed E-state index contributed by atoms with van der Waals surface area (Å²) in [5.74, 6) is 0.0807. The predicted octanol–water partition coefficient (Wildman–Crippen LogP) is 3.33. The molecule has 2 aliphatic rings.